The van der Waals surface area contributed by atoms with Crippen LogP contribution in [0.5, 0.6) is 5.75 Å². The van der Waals surface area contributed by atoms with Gasteiger partial charge >= 0.3 is 5.97 Å². The predicted molar refractivity (Wildman–Crippen MR) is 85.5 cm³/mol. The van der Waals surface area contributed by atoms with Crippen LogP contribution in [0.1, 0.15) is 38.3 Å². The summed E-state index contributed by atoms with van der Waals surface area (Å²) in [7, 11) is 0. The zero-order chi connectivity index (χ0) is 16.3. The number of rotatable bonds is 5. The van der Waals surface area contributed by atoms with Crippen LogP contribution < -0.4 is 4.74 Å². The topological polar surface area (TPSA) is 66.8 Å². The fourth-order valence-electron chi connectivity index (χ4n) is 2.24. The van der Waals surface area contributed by atoms with Gasteiger partial charge in [0, 0.05) is 5.39 Å². The largest absolute Gasteiger partial charge is 0.425 e. The average Bonchev–Trinajstić information content (AvgIpc) is 2.53. The zero-order valence-electron chi connectivity index (χ0n) is 13.2. The first-order chi connectivity index (χ1) is 10.4. The van der Waals surface area contributed by atoms with E-state index in [0.717, 1.165) is 10.9 Å². The van der Waals surface area contributed by atoms with Crippen molar-refractivity contribution < 1.29 is 19.7 Å². The van der Waals surface area contributed by atoms with Gasteiger partial charge in [-0.05, 0) is 42.8 Å². The molecule has 0 bridgehead atoms. The molecule has 4 heteroatoms. The van der Waals surface area contributed by atoms with Gasteiger partial charge in [0.1, 0.15) is 5.75 Å². The lowest BCUT2D eigenvalue weighted by Gasteiger charge is -2.21. The number of carbonyl (C=O) groups is 1. The van der Waals surface area contributed by atoms with E-state index in [1.165, 1.54) is 0 Å². The second kappa shape index (κ2) is 6.46. The van der Waals surface area contributed by atoms with Crippen LogP contribution >= 0.6 is 0 Å². The summed E-state index contributed by atoms with van der Waals surface area (Å²) in [6.45, 7) is 5.35. The van der Waals surface area contributed by atoms with E-state index in [2.05, 4.69) is 0 Å². The number of aliphatic hydroxyl groups is 2. The number of hydrogen-bond acceptors (Lipinski definition) is 4. The first-order valence-corrected chi connectivity index (χ1v) is 7.42. The van der Waals surface area contributed by atoms with Crippen molar-refractivity contribution in [3.05, 3.63) is 41.5 Å². The Hall–Kier alpha value is -1.91. The summed E-state index contributed by atoms with van der Waals surface area (Å²) >= 11 is 0. The predicted octanol–water partition coefficient (Wildman–Crippen LogP) is 3.17. The van der Waals surface area contributed by atoms with Gasteiger partial charge in [-0.2, -0.15) is 0 Å². The average molecular weight is 302 g/mol. The molecular formula is C18H22O4. The minimum atomic E-state index is -0.573. The fourth-order valence-corrected chi connectivity index (χ4v) is 2.24. The highest BCUT2D eigenvalue weighted by Crippen LogP contribution is 2.33. The highest BCUT2D eigenvalue weighted by molar-refractivity contribution is 5.95. The van der Waals surface area contributed by atoms with Crippen LogP contribution in [0.15, 0.2) is 30.3 Å². The molecule has 0 unspecified atom stereocenters. The summed E-state index contributed by atoms with van der Waals surface area (Å²) in [4.78, 5) is 12.3. The van der Waals surface area contributed by atoms with Crippen LogP contribution in [-0.2, 0) is 18.0 Å². The molecule has 118 valence electrons. The van der Waals surface area contributed by atoms with Gasteiger partial charge in [-0.3, -0.25) is 4.79 Å². The summed E-state index contributed by atoms with van der Waals surface area (Å²) in [6, 6.07) is 8.87. The molecule has 0 aliphatic rings. The molecule has 0 aliphatic carbocycles. The number of hydrogen-bond donors (Lipinski definition) is 2. The molecule has 0 aromatic heterocycles. The lowest BCUT2D eigenvalue weighted by Crippen LogP contribution is -2.28. The van der Waals surface area contributed by atoms with Gasteiger partial charge in [0.2, 0.25) is 0 Å². The molecule has 0 atom stereocenters. The van der Waals surface area contributed by atoms with Crippen molar-refractivity contribution >= 4 is 16.7 Å². The molecule has 0 fully saturated rings. The van der Waals surface area contributed by atoms with Crippen LogP contribution in [0, 0.1) is 5.41 Å². The quantitative estimate of drug-likeness (QED) is 0.657. The maximum atomic E-state index is 12.3. The van der Waals surface area contributed by atoms with E-state index in [4.69, 9.17) is 4.74 Å². The van der Waals surface area contributed by atoms with E-state index in [9.17, 15) is 15.0 Å². The number of ether oxygens (including phenoxy) is 1. The van der Waals surface area contributed by atoms with E-state index in [0.29, 0.717) is 23.1 Å². The van der Waals surface area contributed by atoms with E-state index < -0.39 is 5.41 Å². The van der Waals surface area contributed by atoms with Crippen molar-refractivity contribution in [2.24, 2.45) is 5.41 Å². The SMILES string of the molecule is CCC(C)(C)C(=O)Oc1cccc2c(CO)ccc(CO)c12. The standard InChI is InChI=1S/C18H22O4/c1-4-18(2,3)17(21)22-15-7-5-6-14-12(10-19)8-9-13(11-20)16(14)15/h5-9,19-20H,4,10-11H2,1-3H3. The van der Waals surface area contributed by atoms with Crippen molar-refractivity contribution in [2.45, 2.75) is 40.4 Å². The Bertz CT molecular complexity index is 689. The van der Waals surface area contributed by atoms with Gasteiger partial charge in [-0.25, -0.2) is 0 Å². The smallest absolute Gasteiger partial charge is 0.316 e. The van der Waals surface area contributed by atoms with E-state index in [-0.39, 0.29) is 19.2 Å². The Morgan fingerprint density at radius 1 is 1.09 bits per heavy atom. The summed E-state index contributed by atoms with van der Waals surface area (Å²) in [5.74, 6) is 0.115. The molecule has 0 saturated carbocycles. The molecule has 2 aromatic carbocycles. The number of carbonyl (C=O) groups excluding carboxylic acids is 1. The molecule has 4 nitrogen and oxygen atoms in total. The van der Waals surface area contributed by atoms with Crippen molar-refractivity contribution in [3.8, 4) is 5.75 Å². The molecule has 0 aliphatic heterocycles. The number of benzene rings is 2. The van der Waals surface area contributed by atoms with Gasteiger partial charge in [-0.15, -0.1) is 0 Å². The minimum Gasteiger partial charge on any atom is -0.425 e. The van der Waals surface area contributed by atoms with Gasteiger partial charge in [-0.1, -0.05) is 31.2 Å². The Kier molecular flexibility index (Phi) is 4.84. The van der Waals surface area contributed by atoms with Gasteiger partial charge in [0.25, 0.3) is 0 Å². The lowest BCUT2D eigenvalue weighted by molar-refractivity contribution is -0.144. The Morgan fingerprint density at radius 3 is 2.32 bits per heavy atom. The third kappa shape index (κ3) is 2.98. The molecule has 0 heterocycles. The second-order valence-electron chi connectivity index (χ2n) is 6.01. The molecule has 2 aromatic rings. The first-order valence-electron chi connectivity index (χ1n) is 7.42. The van der Waals surface area contributed by atoms with Crippen LogP contribution in [0.4, 0.5) is 0 Å². The molecule has 2 N–H and O–H groups in total. The fraction of sp³-hybridized carbons (Fsp3) is 0.389. The summed E-state index contributed by atoms with van der Waals surface area (Å²) in [6.07, 6.45) is 0.672. The van der Waals surface area contributed by atoms with Crippen LogP contribution in [0.3, 0.4) is 0 Å². The molecule has 0 saturated heterocycles. The Balaban J connectivity index is 2.57. The first kappa shape index (κ1) is 16.5. The highest BCUT2D eigenvalue weighted by Gasteiger charge is 2.28. The van der Waals surface area contributed by atoms with Crippen molar-refractivity contribution in [3.63, 3.8) is 0 Å². The normalized spacial score (nSPS) is 11.7. The van der Waals surface area contributed by atoms with Gasteiger partial charge < -0.3 is 14.9 Å². The summed E-state index contributed by atoms with van der Waals surface area (Å²) in [5.41, 5.74) is 0.834. The number of esters is 1. The maximum absolute atomic E-state index is 12.3. The van der Waals surface area contributed by atoms with Crippen LogP contribution in [0.2, 0.25) is 0 Å². The Labute approximate surface area is 130 Å². The third-order valence-electron chi connectivity index (χ3n) is 4.16. The van der Waals surface area contributed by atoms with Gasteiger partial charge in [0.05, 0.1) is 18.6 Å². The van der Waals surface area contributed by atoms with Crippen molar-refractivity contribution in [1.29, 1.82) is 0 Å². The van der Waals surface area contributed by atoms with Crippen molar-refractivity contribution in [2.75, 3.05) is 0 Å². The molecule has 0 amide bonds. The highest BCUT2D eigenvalue weighted by atomic mass is 16.5. The lowest BCUT2D eigenvalue weighted by atomic mass is 9.90. The zero-order valence-corrected chi connectivity index (χ0v) is 13.2. The van der Waals surface area contributed by atoms with Crippen molar-refractivity contribution in [1.82, 2.24) is 0 Å². The molecule has 0 spiro atoms. The van der Waals surface area contributed by atoms with E-state index in [1.807, 2.05) is 26.8 Å². The second-order valence-corrected chi connectivity index (χ2v) is 6.01. The number of fused-ring (bicyclic) bond motifs is 1. The third-order valence-corrected chi connectivity index (χ3v) is 4.16. The van der Waals surface area contributed by atoms with Crippen LogP contribution in [0.25, 0.3) is 10.8 Å². The monoisotopic (exact) mass is 302 g/mol. The Morgan fingerprint density at radius 2 is 1.73 bits per heavy atom. The maximum Gasteiger partial charge on any atom is 0.316 e. The molecule has 0 radical (unpaired) electrons. The molecule has 22 heavy (non-hydrogen) atoms. The summed E-state index contributed by atoms with van der Waals surface area (Å²) in [5, 5.41) is 20.5. The molecule has 2 rings (SSSR count). The van der Waals surface area contributed by atoms with E-state index in [1.54, 1.807) is 24.3 Å². The minimum absolute atomic E-state index is 0.111. The van der Waals surface area contributed by atoms with Crippen LogP contribution in [-0.4, -0.2) is 16.2 Å². The van der Waals surface area contributed by atoms with E-state index >= 15 is 0 Å². The molecular weight excluding hydrogens is 280 g/mol. The summed E-state index contributed by atoms with van der Waals surface area (Å²) < 4.78 is 5.59. The number of aliphatic hydroxyl groups excluding tert-OH is 2. The van der Waals surface area contributed by atoms with Gasteiger partial charge in [0.15, 0.2) is 0 Å².